The van der Waals surface area contributed by atoms with Crippen LogP contribution in [-0.4, -0.2) is 35.8 Å². The van der Waals surface area contributed by atoms with Crippen molar-refractivity contribution >= 4 is 11.8 Å². The van der Waals surface area contributed by atoms with E-state index < -0.39 is 11.7 Å². The summed E-state index contributed by atoms with van der Waals surface area (Å²) in [6, 6.07) is 5.93. The van der Waals surface area contributed by atoms with E-state index in [2.05, 4.69) is 5.32 Å². The fourth-order valence-electron chi connectivity index (χ4n) is 2.61. The summed E-state index contributed by atoms with van der Waals surface area (Å²) >= 11 is 0. The largest absolute Gasteiger partial charge is 0.349 e. The highest BCUT2D eigenvalue weighted by Gasteiger charge is 2.30. The predicted octanol–water partition coefficient (Wildman–Crippen LogP) is 2.59. The lowest BCUT2D eigenvalue weighted by Crippen LogP contribution is -2.49. The van der Waals surface area contributed by atoms with Crippen LogP contribution in [0.15, 0.2) is 24.3 Å². The molecule has 0 bridgehead atoms. The zero-order chi connectivity index (χ0) is 16.3. The molecular weight excluding hydrogens is 283 g/mol. The fourth-order valence-corrected chi connectivity index (χ4v) is 2.61. The van der Waals surface area contributed by atoms with Gasteiger partial charge in [0, 0.05) is 24.5 Å². The van der Waals surface area contributed by atoms with Crippen LogP contribution in [0.2, 0.25) is 0 Å². The lowest BCUT2D eigenvalue weighted by atomic mass is 9.93. The molecule has 0 aliphatic carbocycles. The van der Waals surface area contributed by atoms with Gasteiger partial charge in [0.2, 0.25) is 5.91 Å². The van der Waals surface area contributed by atoms with Crippen molar-refractivity contribution in [2.24, 2.45) is 5.41 Å². The Morgan fingerprint density at radius 3 is 2.32 bits per heavy atom. The summed E-state index contributed by atoms with van der Waals surface area (Å²) in [5.41, 5.74) is -0.320. The topological polar surface area (TPSA) is 49.4 Å². The highest BCUT2D eigenvalue weighted by Crippen LogP contribution is 2.21. The first-order valence-electron chi connectivity index (χ1n) is 7.64. The molecule has 120 valence electrons. The quantitative estimate of drug-likeness (QED) is 0.913. The van der Waals surface area contributed by atoms with Gasteiger partial charge in [0.15, 0.2) is 0 Å². The summed E-state index contributed by atoms with van der Waals surface area (Å²) in [5, 5.41) is 2.86. The summed E-state index contributed by atoms with van der Waals surface area (Å²) in [5.74, 6) is -0.773. The molecule has 1 fully saturated rings. The molecule has 0 spiro atoms. The average molecular weight is 306 g/mol. The number of carbonyl (C=O) groups excluding carboxylic acids is 2. The van der Waals surface area contributed by atoms with Gasteiger partial charge in [-0.05, 0) is 25.0 Å². The van der Waals surface area contributed by atoms with E-state index in [-0.39, 0.29) is 22.9 Å². The summed E-state index contributed by atoms with van der Waals surface area (Å²) < 4.78 is 13.6. The Kier molecular flexibility index (Phi) is 4.84. The highest BCUT2D eigenvalue weighted by molar-refractivity contribution is 5.94. The van der Waals surface area contributed by atoms with Crippen molar-refractivity contribution in [1.29, 1.82) is 0 Å². The number of carbonyl (C=O) groups is 2. The minimum Gasteiger partial charge on any atom is -0.349 e. The Labute approximate surface area is 130 Å². The smallest absolute Gasteiger partial charge is 0.254 e. The second-order valence-electron chi connectivity index (χ2n) is 6.77. The number of nitrogens with zero attached hydrogens (tertiary/aromatic N) is 1. The standard InChI is InChI=1S/C17H23FN2O2/c1-17(2,3)16(22)20-10-8-12(9-11-20)19-15(21)13-6-4-5-7-14(13)18/h4-7,12H,8-11H2,1-3H3,(H,19,21). The van der Waals surface area contributed by atoms with E-state index in [1.807, 2.05) is 25.7 Å². The molecule has 1 aliphatic heterocycles. The van der Waals surface area contributed by atoms with Gasteiger partial charge in [-0.1, -0.05) is 32.9 Å². The van der Waals surface area contributed by atoms with Crippen molar-refractivity contribution in [3.05, 3.63) is 35.6 Å². The van der Waals surface area contributed by atoms with E-state index in [1.165, 1.54) is 12.1 Å². The van der Waals surface area contributed by atoms with Gasteiger partial charge in [-0.25, -0.2) is 4.39 Å². The second kappa shape index (κ2) is 6.46. The minimum absolute atomic E-state index is 0.0175. The first kappa shape index (κ1) is 16.5. The Morgan fingerprint density at radius 2 is 1.77 bits per heavy atom. The van der Waals surface area contributed by atoms with Crippen molar-refractivity contribution in [3.63, 3.8) is 0 Å². The maximum absolute atomic E-state index is 13.6. The van der Waals surface area contributed by atoms with E-state index >= 15 is 0 Å². The van der Waals surface area contributed by atoms with Gasteiger partial charge in [0.05, 0.1) is 5.56 Å². The van der Waals surface area contributed by atoms with Gasteiger partial charge in [0.25, 0.3) is 5.91 Å². The summed E-state index contributed by atoms with van der Waals surface area (Å²) in [6.45, 7) is 6.96. The molecule has 0 radical (unpaired) electrons. The number of likely N-dealkylation sites (tertiary alicyclic amines) is 1. The summed E-state index contributed by atoms with van der Waals surface area (Å²) in [7, 11) is 0. The average Bonchev–Trinajstić information content (AvgIpc) is 2.46. The molecule has 1 aromatic carbocycles. The van der Waals surface area contributed by atoms with Crippen LogP contribution in [0.25, 0.3) is 0 Å². The molecule has 0 unspecified atom stereocenters. The number of benzene rings is 1. The van der Waals surface area contributed by atoms with Crippen molar-refractivity contribution in [3.8, 4) is 0 Å². The number of nitrogens with one attached hydrogen (secondary N) is 1. The van der Waals surface area contributed by atoms with Crippen molar-refractivity contribution < 1.29 is 14.0 Å². The first-order chi connectivity index (χ1) is 10.3. The molecule has 1 N–H and O–H groups in total. The van der Waals surface area contributed by atoms with Crippen molar-refractivity contribution in [2.75, 3.05) is 13.1 Å². The maximum Gasteiger partial charge on any atom is 0.254 e. The van der Waals surface area contributed by atoms with Crippen LogP contribution in [0, 0.1) is 11.2 Å². The van der Waals surface area contributed by atoms with Crippen LogP contribution >= 0.6 is 0 Å². The van der Waals surface area contributed by atoms with Gasteiger partial charge in [-0.15, -0.1) is 0 Å². The van der Waals surface area contributed by atoms with E-state index in [0.29, 0.717) is 25.9 Å². The van der Waals surface area contributed by atoms with Gasteiger partial charge in [0.1, 0.15) is 5.82 Å². The molecule has 1 heterocycles. The van der Waals surface area contributed by atoms with Gasteiger partial charge in [-0.2, -0.15) is 0 Å². The van der Waals surface area contributed by atoms with Gasteiger partial charge >= 0.3 is 0 Å². The molecule has 4 nitrogen and oxygen atoms in total. The van der Waals surface area contributed by atoms with E-state index in [9.17, 15) is 14.0 Å². The van der Waals surface area contributed by atoms with Crippen LogP contribution in [0.3, 0.4) is 0 Å². The molecule has 0 saturated carbocycles. The molecule has 2 rings (SSSR count). The zero-order valence-electron chi connectivity index (χ0n) is 13.4. The lowest BCUT2D eigenvalue weighted by Gasteiger charge is -2.36. The van der Waals surface area contributed by atoms with Crippen LogP contribution in [0.5, 0.6) is 0 Å². The predicted molar refractivity (Wildman–Crippen MR) is 82.9 cm³/mol. The fraction of sp³-hybridized carbons (Fsp3) is 0.529. The van der Waals surface area contributed by atoms with E-state index in [1.54, 1.807) is 12.1 Å². The molecule has 22 heavy (non-hydrogen) atoms. The minimum atomic E-state index is -0.514. The molecule has 1 saturated heterocycles. The Balaban J connectivity index is 1.89. The molecule has 1 aromatic rings. The zero-order valence-corrected chi connectivity index (χ0v) is 13.4. The summed E-state index contributed by atoms with van der Waals surface area (Å²) in [4.78, 5) is 26.1. The number of piperidine rings is 1. The Morgan fingerprint density at radius 1 is 1.18 bits per heavy atom. The lowest BCUT2D eigenvalue weighted by molar-refractivity contribution is -0.140. The third-order valence-electron chi connectivity index (χ3n) is 3.88. The number of amides is 2. The maximum atomic E-state index is 13.6. The van der Waals surface area contributed by atoms with Crippen LogP contribution < -0.4 is 5.32 Å². The number of hydrogen-bond donors (Lipinski definition) is 1. The SMILES string of the molecule is CC(C)(C)C(=O)N1CCC(NC(=O)c2ccccc2F)CC1. The molecular formula is C17H23FN2O2. The van der Waals surface area contributed by atoms with Crippen LogP contribution in [0.4, 0.5) is 4.39 Å². The molecule has 0 aromatic heterocycles. The summed E-state index contributed by atoms with van der Waals surface area (Å²) in [6.07, 6.45) is 1.39. The van der Waals surface area contributed by atoms with E-state index in [0.717, 1.165) is 0 Å². The number of rotatable bonds is 2. The molecule has 2 amide bonds. The second-order valence-corrected chi connectivity index (χ2v) is 6.77. The molecule has 1 aliphatic rings. The molecule has 0 atom stereocenters. The van der Waals surface area contributed by atoms with Gasteiger partial charge < -0.3 is 10.2 Å². The number of hydrogen-bond acceptors (Lipinski definition) is 2. The van der Waals surface area contributed by atoms with Crippen LogP contribution in [-0.2, 0) is 4.79 Å². The van der Waals surface area contributed by atoms with Crippen LogP contribution in [0.1, 0.15) is 44.0 Å². The monoisotopic (exact) mass is 306 g/mol. The third kappa shape index (κ3) is 3.84. The number of halogens is 1. The van der Waals surface area contributed by atoms with Gasteiger partial charge in [-0.3, -0.25) is 9.59 Å². The first-order valence-corrected chi connectivity index (χ1v) is 7.64. The Hall–Kier alpha value is -1.91. The highest BCUT2D eigenvalue weighted by atomic mass is 19.1. The van der Waals surface area contributed by atoms with Crippen molar-refractivity contribution in [2.45, 2.75) is 39.7 Å². The Bertz CT molecular complexity index is 558. The van der Waals surface area contributed by atoms with E-state index in [4.69, 9.17) is 0 Å². The normalized spacial score (nSPS) is 16.5. The van der Waals surface area contributed by atoms with Crippen molar-refractivity contribution in [1.82, 2.24) is 10.2 Å². The third-order valence-corrected chi connectivity index (χ3v) is 3.88. The molecule has 5 heteroatoms.